The third-order valence-electron chi connectivity index (χ3n) is 3.59. The van der Waals surface area contributed by atoms with Crippen LogP contribution in [0.5, 0.6) is 0 Å². The molecule has 0 unspecified atom stereocenters. The summed E-state index contributed by atoms with van der Waals surface area (Å²) in [6.07, 6.45) is 0.0777. The normalized spacial score (nSPS) is 10.4. The molecule has 25 heavy (non-hydrogen) atoms. The second-order valence-corrected chi connectivity index (χ2v) is 6.20. The first kappa shape index (κ1) is 19.2. The van der Waals surface area contributed by atoms with Crippen molar-refractivity contribution in [2.45, 2.75) is 19.9 Å². The lowest BCUT2D eigenvalue weighted by atomic mass is 10.2. The van der Waals surface area contributed by atoms with Crippen LogP contribution in [0.25, 0.3) is 0 Å². The minimum Gasteiger partial charge on any atom is -0.352 e. The molecule has 0 saturated heterocycles. The molecule has 2 rings (SSSR count). The van der Waals surface area contributed by atoms with Crippen LogP contribution in [-0.2, 0) is 16.1 Å². The van der Waals surface area contributed by atoms with Gasteiger partial charge in [-0.15, -0.1) is 0 Å². The summed E-state index contributed by atoms with van der Waals surface area (Å²) in [5.41, 5.74) is 0.965. The Morgan fingerprint density at radius 1 is 1.12 bits per heavy atom. The molecular weight excluding hydrogens is 366 g/mol. The molecule has 0 fully saturated rings. The molecule has 0 radical (unpaired) electrons. The van der Waals surface area contributed by atoms with Gasteiger partial charge in [0.05, 0.1) is 10.0 Å². The average molecular weight is 383 g/mol. The predicted octanol–water partition coefficient (Wildman–Crippen LogP) is 4.19. The summed E-state index contributed by atoms with van der Waals surface area (Å²) in [6, 6.07) is 11.0. The van der Waals surface area contributed by atoms with E-state index in [4.69, 9.17) is 23.2 Å². The number of amides is 2. The lowest BCUT2D eigenvalue weighted by molar-refractivity contribution is -0.121. The fourth-order valence-electron chi connectivity index (χ4n) is 2.26. The van der Waals surface area contributed by atoms with Crippen molar-refractivity contribution in [1.29, 1.82) is 0 Å². The smallest absolute Gasteiger partial charge is 0.223 e. The number of carbonyl (C=O) groups is 2. The van der Waals surface area contributed by atoms with E-state index in [-0.39, 0.29) is 37.1 Å². The zero-order chi connectivity index (χ0) is 18.4. The molecule has 0 aromatic heterocycles. The summed E-state index contributed by atoms with van der Waals surface area (Å²) in [6.45, 7) is 1.68. The highest BCUT2D eigenvalue weighted by Crippen LogP contribution is 2.27. The molecule has 7 heteroatoms. The Hall–Kier alpha value is -2.11. The van der Waals surface area contributed by atoms with Crippen molar-refractivity contribution < 1.29 is 14.0 Å². The molecule has 2 aromatic rings. The van der Waals surface area contributed by atoms with Crippen LogP contribution >= 0.6 is 23.2 Å². The van der Waals surface area contributed by atoms with Gasteiger partial charge in [-0.05, 0) is 24.3 Å². The van der Waals surface area contributed by atoms with Crippen LogP contribution in [0.3, 0.4) is 0 Å². The SMILES string of the molecule is CC(=O)N(CCC(=O)NCc1ccccc1F)c1ccc(Cl)c(Cl)c1. The Morgan fingerprint density at radius 3 is 2.48 bits per heavy atom. The van der Waals surface area contributed by atoms with Crippen LogP contribution in [-0.4, -0.2) is 18.4 Å². The molecule has 4 nitrogen and oxygen atoms in total. The van der Waals surface area contributed by atoms with E-state index in [2.05, 4.69) is 5.32 Å². The molecule has 1 N–H and O–H groups in total. The molecule has 2 amide bonds. The number of nitrogens with one attached hydrogen (secondary N) is 1. The van der Waals surface area contributed by atoms with Gasteiger partial charge in [0.2, 0.25) is 11.8 Å². The van der Waals surface area contributed by atoms with Crippen molar-refractivity contribution in [3.8, 4) is 0 Å². The van der Waals surface area contributed by atoms with E-state index in [0.29, 0.717) is 21.3 Å². The fraction of sp³-hybridized carbons (Fsp3) is 0.222. The van der Waals surface area contributed by atoms with Gasteiger partial charge in [0, 0.05) is 37.7 Å². The average Bonchev–Trinajstić information content (AvgIpc) is 2.57. The molecule has 0 atom stereocenters. The molecule has 0 aliphatic heterocycles. The first-order valence-electron chi connectivity index (χ1n) is 7.61. The van der Waals surface area contributed by atoms with E-state index >= 15 is 0 Å². The van der Waals surface area contributed by atoms with E-state index in [9.17, 15) is 14.0 Å². The predicted molar refractivity (Wildman–Crippen MR) is 97.4 cm³/mol. The van der Waals surface area contributed by atoms with Gasteiger partial charge in [0.1, 0.15) is 5.82 Å². The third kappa shape index (κ3) is 5.44. The van der Waals surface area contributed by atoms with Gasteiger partial charge in [-0.25, -0.2) is 4.39 Å². The molecular formula is C18H17Cl2FN2O2. The van der Waals surface area contributed by atoms with Gasteiger partial charge in [-0.1, -0.05) is 41.4 Å². The first-order chi connectivity index (χ1) is 11.9. The second-order valence-electron chi connectivity index (χ2n) is 5.39. The maximum atomic E-state index is 13.5. The summed E-state index contributed by atoms with van der Waals surface area (Å²) in [5, 5.41) is 3.36. The minimum atomic E-state index is -0.371. The number of rotatable bonds is 6. The molecule has 0 aliphatic rings. The zero-order valence-corrected chi connectivity index (χ0v) is 15.1. The number of nitrogens with zero attached hydrogens (tertiary/aromatic N) is 1. The first-order valence-corrected chi connectivity index (χ1v) is 8.37. The lowest BCUT2D eigenvalue weighted by Gasteiger charge is -2.21. The summed E-state index contributed by atoms with van der Waals surface area (Å²) in [7, 11) is 0. The second kappa shape index (κ2) is 8.83. The minimum absolute atomic E-state index is 0.0777. The van der Waals surface area contributed by atoms with E-state index in [1.807, 2.05) is 0 Å². The van der Waals surface area contributed by atoms with Crippen LogP contribution in [0.4, 0.5) is 10.1 Å². The van der Waals surface area contributed by atoms with Crippen LogP contribution in [0.1, 0.15) is 18.9 Å². The number of halogens is 3. The van der Waals surface area contributed by atoms with Crippen molar-refractivity contribution in [2.24, 2.45) is 0 Å². The molecule has 2 aromatic carbocycles. The van der Waals surface area contributed by atoms with Crippen LogP contribution in [0.15, 0.2) is 42.5 Å². The summed E-state index contributed by atoms with van der Waals surface area (Å²) >= 11 is 11.8. The van der Waals surface area contributed by atoms with Crippen LogP contribution in [0, 0.1) is 5.82 Å². The monoisotopic (exact) mass is 382 g/mol. The summed E-state index contributed by atoms with van der Waals surface area (Å²) in [4.78, 5) is 25.3. The number of hydrogen-bond donors (Lipinski definition) is 1. The van der Waals surface area contributed by atoms with Gasteiger partial charge in [0.15, 0.2) is 0 Å². The van der Waals surface area contributed by atoms with E-state index in [1.54, 1.807) is 36.4 Å². The maximum Gasteiger partial charge on any atom is 0.223 e. The highest BCUT2D eigenvalue weighted by Gasteiger charge is 2.15. The summed E-state index contributed by atoms with van der Waals surface area (Å²) < 4.78 is 13.5. The summed E-state index contributed by atoms with van der Waals surface area (Å²) in [5.74, 6) is -0.876. The van der Waals surface area contributed by atoms with Gasteiger partial charge in [-0.3, -0.25) is 9.59 Å². The standard InChI is InChI=1S/C18H17Cl2FN2O2/c1-12(24)23(14-6-7-15(19)16(20)10-14)9-8-18(25)22-11-13-4-2-3-5-17(13)21/h2-7,10H,8-9,11H2,1H3,(H,22,25). The quantitative estimate of drug-likeness (QED) is 0.813. The Balaban J connectivity index is 1.94. The van der Waals surface area contributed by atoms with Gasteiger partial charge < -0.3 is 10.2 Å². The molecule has 0 saturated carbocycles. The molecule has 0 bridgehead atoms. The lowest BCUT2D eigenvalue weighted by Crippen LogP contribution is -2.33. The fourth-order valence-corrected chi connectivity index (χ4v) is 2.55. The Bertz CT molecular complexity index is 783. The Morgan fingerprint density at radius 2 is 1.84 bits per heavy atom. The van der Waals surface area contributed by atoms with Crippen molar-refractivity contribution in [1.82, 2.24) is 5.32 Å². The van der Waals surface area contributed by atoms with E-state index < -0.39 is 0 Å². The van der Waals surface area contributed by atoms with Crippen molar-refractivity contribution in [3.05, 3.63) is 63.9 Å². The largest absolute Gasteiger partial charge is 0.352 e. The van der Waals surface area contributed by atoms with Crippen LogP contribution in [0.2, 0.25) is 10.0 Å². The Labute approximate surface area is 155 Å². The van der Waals surface area contributed by atoms with Crippen molar-refractivity contribution in [3.63, 3.8) is 0 Å². The molecule has 132 valence electrons. The van der Waals surface area contributed by atoms with E-state index in [1.165, 1.54) is 17.9 Å². The number of benzene rings is 2. The highest BCUT2D eigenvalue weighted by molar-refractivity contribution is 6.42. The number of carbonyl (C=O) groups excluding carboxylic acids is 2. The number of hydrogen-bond acceptors (Lipinski definition) is 2. The van der Waals surface area contributed by atoms with Gasteiger partial charge in [0.25, 0.3) is 0 Å². The number of anilines is 1. The molecule has 0 aliphatic carbocycles. The molecule has 0 spiro atoms. The molecule has 0 heterocycles. The highest BCUT2D eigenvalue weighted by atomic mass is 35.5. The Kier molecular flexibility index (Phi) is 6.79. The van der Waals surface area contributed by atoms with E-state index in [0.717, 1.165) is 0 Å². The van der Waals surface area contributed by atoms with Crippen molar-refractivity contribution in [2.75, 3.05) is 11.4 Å². The van der Waals surface area contributed by atoms with Gasteiger partial charge >= 0.3 is 0 Å². The van der Waals surface area contributed by atoms with Gasteiger partial charge in [-0.2, -0.15) is 0 Å². The van der Waals surface area contributed by atoms with Crippen molar-refractivity contribution >= 4 is 40.7 Å². The third-order valence-corrected chi connectivity index (χ3v) is 4.33. The van der Waals surface area contributed by atoms with Crippen LogP contribution < -0.4 is 10.2 Å². The zero-order valence-electron chi connectivity index (χ0n) is 13.6. The maximum absolute atomic E-state index is 13.5. The topological polar surface area (TPSA) is 49.4 Å².